The summed E-state index contributed by atoms with van der Waals surface area (Å²) in [5.41, 5.74) is 4.81. The third-order valence-electron chi connectivity index (χ3n) is 3.61. The van der Waals surface area contributed by atoms with Gasteiger partial charge in [-0.1, -0.05) is 30.3 Å². The van der Waals surface area contributed by atoms with Crippen LogP contribution in [0.1, 0.15) is 16.7 Å². The van der Waals surface area contributed by atoms with Gasteiger partial charge in [-0.15, -0.1) is 0 Å². The van der Waals surface area contributed by atoms with Crippen molar-refractivity contribution in [1.82, 2.24) is 0 Å². The van der Waals surface area contributed by atoms with Gasteiger partial charge in [0.05, 0.1) is 0 Å². The number of hydrogen-bond acceptors (Lipinski definition) is 1. The molecule has 2 heteroatoms. The zero-order valence-corrected chi connectivity index (χ0v) is 10.4. The maximum atomic E-state index is 13.2. The molecule has 1 nitrogen and oxygen atoms in total. The zero-order valence-electron chi connectivity index (χ0n) is 10.4. The van der Waals surface area contributed by atoms with Gasteiger partial charge in [-0.3, -0.25) is 0 Å². The van der Waals surface area contributed by atoms with Crippen LogP contribution in [0.15, 0.2) is 42.5 Å². The van der Waals surface area contributed by atoms with E-state index in [1.165, 1.54) is 17.2 Å². The van der Waals surface area contributed by atoms with Gasteiger partial charge in [0.2, 0.25) is 0 Å². The lowest BCUT2D eigenvalue weighted by molar-refractivity contribution is 0.627. The second-order valence-corrected chi connectivity index (χ2v) is 4.98. The van der Waals surface area contributed by atoms with E-state index in [1.807, 2.05) is 13.0 Å². The molecule has 3 rings (SSSR count). The highest BCUT2D eigenvalue weighted by atomic mass is 19.1. The topological polar surface area (TPSA) is 12.0 Å². The molecular formula is C16H16FN. The van der Waals surface area contributed by atoms with Crippen molar-refractivity contribution >= 4 is 5.69 Å². The number of halogens is 1. The first-order valence-electron chi connectivity index (χ1n) is 6.32. The summed E-state index contributed by atoms with van der Waals surface area (Å²) in [6.45, 7) is 2.00. The quantitative estimate of drug-likeness (QED) is 0.845. The molecule has 0 unspecified atom stereocenters. The standard InChI is InChI=1S/C16H16FN/c1-11-6-7-14(17)10-16(11)18-15-8-12-4-2-3-5-13(12)9-15/h2-7,10,15,18H,8-9H2,1H3. The van der Waals surface area contributed by atoms with Gasteiger partial charge in [0.15, 0.2) is 0 Å². The molecule has 0 amide bonds. The van der Waals surface area contributed by atoms with Crippen molar-refractivity contribution in [1.29, 1.82) is 0 Å². The lowest BCUT2D eigenvalue weighted by Crippen LogP contribution is -2.20. The van der Waals surface area contributed by atoms with Gasteiger partial charge < -0.3 is 5.32 Å². The summed E-state index contributed by atoms with van der Waals surface area (Å²) >= 11 is 0. The molecule has 0 aromatic heterocycles. The third kappa shape index (κ3) is 2.10. The first-order chi connectivity index (χ1) is 8.72. The van der Waals surface area contributed by atoms with Gasteiger partial charge in [-0.05, 0) is 48.6 Å². The first kappa shape index (κ1) is 11.3. The van der Waals surface area contributed by atoms with Gasteiger partial charge in [-0.2, -0.15) is 0 Å². The Morgan fingerprint density at radius 1 is 1.06 bits per heavy atom. The van der Waals surface area contributed by atoms with Crippen LogP contribution < -0.4 is 5.32 Å². The van der Waals surface area contributed by atoms with Crippen LogP contribution in [0, 0.1) is 12.7 Å². The van der Waals surface area contributed by atoms with Crippen molar-refractivity contribution in [3.63, 3.8) is 0 Å². The molecule has 0 fully saturated rings. The highest BCUT2D eigenvalue weighted by Crippen LogP contribution is 2.26. The Morgan fingerprint density at radius 3 is 2.39 bits per heavy atom. The Morgan fingerprint density at radius 2 is 1.72 bits per heavy atom. The van der Waals surface area contributed by atoms with Crippen LogP contribution in [-0.4, -0.2) is 6.04 Å². The third-order valence-corrected chi connectivity index (χ3v) is 3.61. The maximum absolute atomic E-state index is 13.2. The molecule has 1 aliphatic rings. The van der Waals surface area contributed by atoms with Crippen LogP contribution in [0.25, 0.3) is 0 Å². The van der Waals surface area contributed by atoms with E-state index in [-0.39, 0.29) is 5.82 Å². The molecule has 0 radical (unpaired) electrons. The molecular weight excluding hydrogens is 225 g/mol. The number of anilines is 1. The number of benzene rings is 2. The molecule has 0 spiro atoms. The van der Waals surface area contributed by atoms with E-state index in [9.17, 15) is 4.39 Å². The van der Waals surface area contributed by atoms with E-state index in [4.69, 9.17) is 0 Å². The summed E-state index contributed by atoms with van der Waals surface area (Å²) in [4.78, 5) is 0. The normalized spacial score (nSPS) is 14.6. The molecule has 2 aromatic rings. The maximum Gasteiger partial charge on any atom is 0.125 e. The minimum atomic E-state index is -0.182. The summed E-state index contributed by atoms with van der Waals surface area (Å²) in [5, 5.41) is 3.46. The number of nitrogens with one attached hydrogen (secondary N) is 1. The van der Waals surface area contributed by atoms with Gasteiger partial charge >= 0.3 is 0 Å². The molecule has 0 heterocycles. The van der Waals surface area contributed by atoms with Gasteiger partial charge in [-0.25, -0.2) is 4.39 Å². The van der Waals surface area contributed by atoms with E-state index in [0.717, 1.165) is 24.1 Å². The van der Waals surface area contributed by atoms with Crippen molar-refractivity contribution in [2.75, 3.05) is 5.32 Å². The molecule has 1 aliphatic carbocycles. The minimum Gasteiger partial charge on any atom is -0.381 e. The summed E-state index contributed by atoms with van der Waals surface area (Å²) in [6, 6.07) is 13.8. The molecule has 1 N–H and O–H groups in total. The van der Waals surface area contributed by atoms with Crippen LogP contribution in [0.5, 0.6) is 0 Å². The Labute approximate surface area is 107 Å². The van der Waals surface area contributed by atoms with Crippen molar-refractivity contribution < 1.29 is 4.39 Å². The molecule has 0 saturated carbocycles. The smallest absolute Gasteiger partial charge is 0.125 e. The molecule has 92 valence electrons. The monoisotopic (exact) mass is 241 g/mol. The Hall–Kier alpha value is -1.83. The summed E-state index contributed by atoms with van der Waals surface area (Å²) in [5.74, 6) is -0.182. The fourth-order valence-corrected chi connectivity index (χ4v) is 2.63. The van der Waals surface area contributed by atoms with Gasteiger partial charge in [0, 0.05) is 11.7 Å². The molecule has 0 saturated heterocycles. The van der Waals surface area contributed by atoms with Crippen molar-refractivity contribution in [3.05, 3.63) is 65.0 Å². The predicted octanol–water partition coefficient (Wildman–Crippen LogP) is 3.71. The van der Waals surface area contributed by atoms with E-state index >= 15 is 0 Å². The molecule has 0 bridgehead atoms. The first-order valence-corrected chi connectivity index (χ1v) is 6.32. The van der Waals surface area contributed by atoms with E-state index in [2.05, 4.69) is 29.6 Å². The largest absolute Gasteiger partial charge is 0.381 e. The lowest BCUT2D eigenvalue weighted by Gasteiger charge is -2.15. The summed E-state index contributed by atoms with van der Waals surface area (Å²) in [6.07, 6.45) is 2.04. The molecule has 18 heavy (non-hydrogen) atoms. The summed E-state index contributed by atoms with van der Waals surface area (Å²) in [7, 11) is 0. The average molecular weight is 241 g/mol. The van der Waals surface area contributed by atoms with E-state index < -0.39 is 0 Å². The van der Waals surface area contributed by atoms with Crippen molar-refractivity contribution in [3.8, 4) is 0 Å². The molecule has 2 aromatic carbocycles. The van der Waals surface area contributed by atoms with E-state index in [0.29, 0.717) is 6.04 Å². The van der Waals surface area contributed by atoms with Crippen LogP contribution in [-0.2, 0) is 12.8 Å². The lowest BCUT2D eigenvalue weighted by atomic mass is 10.1. The highest BCUT2D eigenvalue weighted by molar-refractivity contribution is 5.52. The number of fused-ring (bicyclic) bond motifs is 1. The van der Waals surface area contributed by atoms with Crippen molar-refractivity contribution in [2.24, 2.45) is 0 Å². The second kappa shape index (κ2) is 4.45. The van der Waals surface area contributed by atoms with Crippen LogP contribution in [0.3, 0.4) is 0 Å². The number of rotatable bonds is 2. The number of hydrogen-bond donors (Lipinski definition) is 1. The fourth-order valence-electron chi connectivity index (χ4n) is 2.63. The molecule has 0 aliphatic heterocycles. The zero-order chi connectivity index (χ0) is 12.5. The van der Waals surface area contributed by atoms with Gasteiger partial charge in [0.1, 0.15) is 5.82 Å². The fraction of sp³-hybridized carbons (Fsp3) is 0.250. The van der Waals surface area contributed by atoms with Crippen LogP contribution in [0.4, 0.5) is 10.1 Å². The SMILES string of the molecule is Cc1ccc(F)cc1NC1Cc2ccccc2C1. The summed E-state index contributed by atoms with van der Waals surface area (Å²) < 4.78 is 13.2. The number of aryl methyl sites for hydroxylation is 1. The van der Waals surface area contributed by atoms with Crippen molar-refractivity contribution in [2.45, 2.75) is 25.8 Å². The van der Waals surface area contributed by atoms with Crippen LogP contribution in [0.2, 0.25) is 0 Å². The van der Waals surface area contributed by atoms with Gasteiger partial charge in [0.25, 0.3) is 0 Å². The molecule has 0 atom stereocenters. The minimum absolute atomic E-state index is 0.182. The predicted molar refractivity (Wildman–Crippen MR) is 72.4 cm³/mol. The highest BCUT2D eigenvalue weighted by Gasteiger charge is 2.20. The van der Waals surface area contributed by atoms with Crippen LogP contribution >= 0.6 is 0 Å². The average Bonchev–Trinajstić information content (AvgIpc) is 2.76. The Bertz CT molecular complexity index is 552. The Kier molecular flexibility index (Phi) is 2.78. The Balaban J connectivity index is 1.78. The second-order valence-electron chi connectivity index (χ2n) is 4.98. The van der Waals surface area contributed by atoms with E-state index in [1.54, 1.807) is 6.07 Å².